The van der Waals surface area contributed by atoms with Crippen LogP contribution in [0.2, 0.25) is 0 Å². The quantitative estimate of drug-likeness (QED) is 0.714. The molecule has 1 saturated heterocycles. The number of hydrogen-bond acceptors (Lipinski definition) is 2. The van der Waals surface area contributed by atoms with E-state index in [0.29, 0.717) is 0 Å². The SMILES string of the molecule is CC1CCN(CC2(C#N)CCCCC2)CC1. The van der Waals surface area contributed by atoms with Gasteiger partial charge in [0.2, 0.25) is 0 Å². The number of piperidine rings is 1. The third kappa shape index (κ3) is 2.77. The highest BCUT2D eigenvalue weighted by molar-refractivity contribution is 5.02. The van der Waals surface area contributed by atoms with E-state index in [2.05, 4.69) is 17.9 Å². The van der Waals surface area contributed by atoms with Crippen LogP contribution in [0.5, 0.6) is 0 Å². The summed E-state index contributed by atoms with van der Waals surface area (Å²) in [5.74, 6) is 0.889. The molecule has 0 aromatic rings. The van der Waals surface area contributed by atoms with Crippen LogP contribution < -0.4 is 0 Å². The van der Waals surface area contributed by atoms with E-state index < -0.39 is 0 Å². The van der Waals surface area contributed by atoms with Gasteiger partial charge in [-0.2, -0.15) is 5.26 Å². The number of nitriles is 1. The van der Waals surface area contributed by atoms with E-state index in [-0.39, 0.29) is 5.41 Å². The van der Waals surface area contributed by atoms with Gasteiger partial charge >= 0.3 is 0 Å². The predicted molar refractivity (Wildman–Crippen MR) is 66.0 cm³/mol. The van der Waals surface area contributed by atoms with Gasteiger partial charge in [-0.1, -0.05) is 26.2 Å². The Hall–Kier alpha value is -0.550. The van der Waals surface area contributed by atoms with E-state index in [9.17, 15) is 5.26 Å². The van der Waals surface area contributed by atoms with E-state index in [0.717, 1.165) is 25.3 Å². The highest BCUT2D eigenvalue weighted by Gasteiger charge is 2.34. The van der Waals surface area contributed by atoms with E-state index in [1.807, 2.05) is 0 Å². The first kappa shape index (κ1) is 11.9. The first-order valence-electron chi connectivity index (χ1n) is 6.88. The molecule has 2 rings (SSSR count). The van der Waals surface area contributed by atoms with Crippen LogP contribution in [0.4, 0.5) is 0 Å². The van der Waals surface area contributed by atoms with Gasteiger partial charge in [0, 0.05) is 6.54 Å². The minimum Gasteiger partial charge on any atom is -0.302 e. The summed E-state index contributed by atoms with van der Waals surface area (Å²) in [6, 6.07) is 2.63. The van der Waals surface area contributed by atoms with Crippen LogP contribution in [0, 0.1) is 22.7 Å². The van der Waals surface area contributed by atoms with Crippen molar-refractivity contribution in [3.63, 3.8) is 0 Å². The topological polar surface area (TPSA) is 27.0 Å². The lowest BCUT2D eigenvalue weighted by molar-refractivity contribution is 0.118. The van der Waals surface area contributed by atoms with Gasteiger partial charge in [-0.05, 0) is 44.7 Å². The van der Waals surface area contributed by atoms with Crippen molar-refractivity contribution >= 4 is 0 Å². The van der Waals surface area contributed by atoms with Gasteiger partial charge in [0.25, 0.3) is 0 Å². The summed E-state index contributed by atoms with van der Waals surface area (Å²) in [6.45, 7) is 5.81. The molecule has 0 radical (unpaired) electrons. The molecule has 0 aromatic carbocycles. The average molecular weight is 220 g/mol. The van der Waals surface area contributed by atoms with Gasteiger partial charge in [-0.15, -0.1) is 0 Å². The lowest BCUT2D eigenvalue weighted by Crippen LogP contribution is -2.42. The molecule has 2 fully saturated rings. The number of likely N-dealkylation sites (tertiary alicyclic amines) is 1. The number of hydrogen-bond donors (Lipinski definition) is 0. The van der Waals surface area contributed by atoms with E-state index in [4.69, 9.17) is 0 Å². The van der Waals surface area contributed by atoms with Crippen molar-refractivity contribution in [1.82, 2.24) is 4.90 Å². The fourth-order valence-corrected chi connectivity index (χ4v) is 3.18. The summed E-state index contributed by atoms with van der Waals surface area (Å²) in [7, 11) is 0. The van der Waals surface area contributed by atoms with Crippen molar-refractivity contribution in [2.45, 2.75) is 51.9 Å². The number of nitrogens with zero attached hydrogens (tertiary/aromatic N) is 2. The van der Waals surface area contributed by atoms with Gasteiger partial charge < -0.3 is 4.90 Å². The van der Waals surface area contributed by atoms with Crippen molar-refractivity contribution in [2.24, 2.45) is 11.3 Å². The number of rotatable bonds is 2. The van der Waals surface area contributed by atoms with Crippen molar-refractivity contribution in [1.29, 1.82) is 5.26 Å². The zero-order chi connectivity index (χ0) is 11.4. The molecule has 90 valence electrons. The van der Waals surface area contributed by atoms with Crippen LogP contribution in [0.1, 0.15) is 51.9 Å². The predicted octanol–water partition coefficient (Wildman–Crippen LogP) is 3.19. The third-order valence-corrected chi connectivity index (χ3v) is 4.45. The second-order valence-electron chi connectivity index (χ2n) is 5.91. The molecule has 1 aliphatic heterocycles. The first-order chi connectivity index (χ1) is 7.74. The Labute approximate surface area is 99.6 Å². The summed E-state index contributed by atoms with van der Waals surface area (Å²) in [5, 5.41) is 9.45. The highest BCUT2D eigenvalue weighted by atomic mass is 15.1. The van der Waals surface area contributed by atoms with Crippen molar-refractivity contribution in [3.05, 3.63) is 0 Å². The summed E-state index contributed by atoms with van der Waals surface area (Å²) < 4.78 is 0. The van der Waals surface area contributed by atoms with Crippen molar-refractivity contribution in [3.8, 4) is 6.07 Å². The maximum absolute atomic E-state index is 9.45. The fourth-order valence-electron chi connectivity index (χ4n) is 3.18. The Morgan fingerprint density at radius 2 is 1.81 bits per heavy atom. The van der Waals surface area contributed by atoms with Crippen LogP contribution in [-0.2, 0) is 0 Å². The smallest absolute Gasteiger partial charge is 0.0703 e. The van der Waals surface area contributed by atoms with Crippen LogP contribution in [-0.4, -0.2) is 24.5 Å². The third-order valence-electron chi connectivity index (χ3n) is 4.45. The normalized spacial score (nSPS) is 27.5. The summed E-state index contributed by atoms with van der Waals surface area (Å²) >= 11 is 0. The molecular weight excluding hydrogens is 196 g/mol. The molecule has 2 aliphatic rings. The molecule has 0 N–H and O–H groups in total. The Balaban J connectivity index is 1.89. The maximum atomic E-state index is 9.45. The van der Waals surface area contributed by atoms with Gasteiger partial charge in [0.05, 0.1) is 11.5 Å². The lowest BCUT2D eigenvalue weighted by atomic mass is 9.74. The Bertz CT molecular complexity index is 252. The molecule has 0 aromatic heterocycles. The minimum absolute atomic E-state index is 0.00116. The molecule has 1 heterocycles. The second kappa shape index (κ2) is 5.19. The molecular formula is C14H24N2. The van der Waals surface area contributed by atoms with E-state index >= 15 is 0 Å². The second-order valence-corrected chi connectivity index (χ2v) is 5.91. The monoisotopic (exact) mass is 220 g/mol. The van der Waals surface area contributed by atoms with Crippen molar-refractivity contribution in [2.75, 3.05) is 19.6 Å². The summed E-state index contributed by atoms with van der Waals surface area (Å²) in [6.07, 6.45) is 8.77. The van der Waals surface area contributed by atoms with Gasteiger partial charge in [-0.25, -0.2) is 0 Å². The largest absolute Gasteiger partial charge is 0.302 e. The standard InChI is InChI=1S/C14H24N2/c1-13-5-9-16(10-6-13)12-14(11-15)7-3-2-4-8-14/h13H,2-10,12H2,1H3. The summed E-state index contributed by atoms with van der Waals surface area (Å²) in [5.41, 5.74) is -0.00116. The maximum Gasteiger partial charge on any atom is 0.0703 e. The van der Waals surface area contributed by atoms with Crippen LogP contribution >= 0.6 is 0 Å². The molecule has 0 bridgehead atoms. The molecule has 1 aliphatic carbocycles. The van der Waals surface area contributed by atoms with Gasteiger partial charge in [0.1, 0.15) is 0 Å². The van der Waals surface area contributed by atoms with Crippen molar-refractivity contribution < 1.29 is 0 Å². The molecule has 2 heteroatoms. The molecule has 2 nitrogen and oxygen atoms in total. The Morgan fingerprint density at radius 1 is 1.19 bits per heavy atom. The molecule has 0 atom stereocenters. The Morgan fingerprint density at radius 3 is 2.38 bits per heavy atom. The minimum atomic E-state index is -0.00116. The molecule has 0 unspecified atom stereocenters. The molecule has 0 spiro atoms. The van der Waals surface area contributed by atoms with Crippen LogP contribution in [0.25, 0.3) is 0 Å². The van der Waals surface area contributed by atoms with Gasteiger partial charge in [0.15, 0.2) is 0 Å². The fraction of sp³-hybridized carbons (Fsp3) is 0.929. The molecule has 0 amide bonds. The van der Waals surface area contributed by atoms with E-state index in [1.165, 1.54) is 45.2 Å². The van der Waals surface area contributed by atoms with Crippen LogP contribution in [0.3, 0.4) is 0 Å². The lowest BCUT2D eigenvalue weighted by Gasteiger charge is -2.38. The zero-order valence-corrected chi connectivity index (χ0v) is 10.5. The highest BCUT2D eigenvalue weighted by Crippen LogP contribution is 2.37. The Kier molecular flexibility index (Phi) is 3.86. The molecule has 16 heavy (non-hydrogen) atoms. The van der Waals surface area contributed by atoms with Crippen LogP contribution in [0.15, 0.2) is 0 Å². The summed E-state index contributed by atoms with van der Waals surface area (Å²) in [4.78, 5) is 2.54. The van der Waals surface area contributed by atoms with Gasteiger partial charge in [-0.3, -0.25) is 0 Å². The molecule has 1 saturated carbocycles. The van der Waals surface area contributed by atoms with E-state index in [1.54, 1.807) is 0 Å². The zero-order valence-electron chi connectivity index (χ0n) is 10.5. The first-order valence-corrected chi connectivity index (χ1v) is 6.88. The average Bonchev–Trinajstić information content (AvgIpc) is 2.33.